The van der Waals surface area contributed by atoms with Gasteiger partial charge in [-0.15, -0.1) is 11.3 Å². The Labute approximate surface area is 189 Å². The van der Waals surface area contributed by atoms with E-state index in [-0.39, 0.29) is 23.5 Å². The summed E-state index contributed by atoms with van der Waals surface area (Å²) in [4.78, 5) is 30.4. The van der Waals surface area contributed by atoms with Crippen molar-refractivity contribution in [2.24, 2.45) is 5.73 Å². The van der Waals surface area contributed by atoms with Crippen LogP contribution in [0.15, 0.2) is 42.5 Å². The smallest absolute Gasteiger partial charge is 0.251 e. The van der Waals surface area contributed by atoms with E-state index in [9.17, 15) is 19.1 Å². The summed E-state index contributed by atoms with van der Waals surface area (Å²) in [5, 5.41) is 13.6. The lowest BCUT2D eigenvalue weighted by Gasteiger charge is -2.18. The molecule has 0 aliphatic carbocycles. The second kappa shape index (κ2) is 9.05. The highest BCUT2D eigenvalue weighted by molar-refractivity contribution is 7.19. The Morgan fingerprint density at radius 3 is 2.53 bits per heavy atom. The maximum atomic E-state index is 14.8. The molecule has 9 heteroatoms. The predicted molar refractivity (Wildman–Crippen MR) is 123 cm³/mol. The number of hydrogen-bond acceptors (Lipinski definition) is 6. The topological polar surface area (TPSA) is 109 Å². The van der Waals surface area contributed by atoms with Crippen LogP contribution in [0.5, 0.6) is 0 Å². The highest BCUT2D eigenvalue weighted by Gasteiger charge is 2.21. The lowest BCUT2D eigenvalue weighted by Crippen LogP contribution is -2.23. The number of carbonyl (C=O) groups is 2. The first kappa shape index (κ1) is 23.4. The van der Waals surface area contributed by atoms with E-state index in [1.807, 2.05) is 0 Å². The van der Waals surface area contributed by atoms with Crippen molar-refractivity contribution in [2.75, 3.05) is 19.4 Å². The molecule has 0 saturated carbocycles. The molecule has 0 aliphatic heterocycles. The van der Waals surface area contributed by atoms with Gasteiger partial charge in [0, 0.05) is 24.5 Å². The average molecular weight is 457 g/mol. The van der Waals surface area contributed by atoms with Gasteiger partial charge in [-0.1, -0.05) is 18.2 Å². The molecule has 0 radical (unpaired) electrons. The zero-order valence-electron chi connectivity index (χ0n) is 18.3. The van der Waals surface area contributed by atoms with Crippen molar-refractivity contribution in [1.29, 1.82) is 0 Å². The van der Waals surface area contributed by atoms with Gasteiger partial charge >= 0.3 is 0 Å². The maximum Gasteiger partial charge on any atom is 0.251 e. The van der Waals surface area contributed by atoms with Gasteiger partial charge < -0.3 is 21.1 Å². The van der Waals surface area contributed by atoms with Crippen molar-refractivity contribution in [2.45, 2.75) is 25.9 Å². The van der Waals surface area contributed by atoms with Crippen molar-refractivity contribution in [1.82, 2.24) is 9.88 Å². The highest BCUT2D eigenvalue weighted by Crippen LogP contribution is 2.38. The van der Waals surface area contributed by atoms with Crippen LogP contribution >= 0.6 is 11.3 Å². The van der Waals surface area contributed by atoms with Crippen molar-refractivity contribution in [3.05, 3.63) is 65.1 Å². The number of rotatable bonds is 7. The summed E-state index contributed by atoms with van der Waals surface area (Å²) >= 11 is 1.16. The molecule has 7 nitrogen and oxygen atoms in total. The predicted octanol–water partition coefficient (Wildman–Crippen LogP) is 3.65. The van der Waals surface area contributed by atoms with Crippen LogP contribution in [0.2, 0.25) is 0 Å². The third-order valence-corrected chi connectivity index (χ3v) is 5.90. The van der Waals surface area contributed by atoms with Crippen LogP contribution in [0.1, 0.15) is 35.5 Å². The summed E-state index contributed by atoms with van der Waals surface area (Å²) in [5.41, 5.74) is 5.86. The van der Waals surface area contributed by atoms with Gasteiger partial charge in [-0.2, -0.15) is 0 Å². The Bertz CT molecular complexity index is 1170. The van der Waals surface area contributed by atoms with Gasteiger partial charge in [0.25, 0.3) is 5.91 Å². The number of primary amides is 1. The Kier molecular flexibility index (Phi) is 6.61. The molecule has 1 aromatic carbocycles. The monoisotopic (exact) mass is 456 g/mol. The van der Waals surface area contributed by atoms with Crippen LogP contribution in [0.25, 0.3) is 10.4 Å². The minimum Gasteiger partial charge on any atom is -0.386 e. The number of anilines is 2. The molecule has 4 N–H and O–H groups in total. The first-order chi connectivity index (χ1) is 15.0. The molecule has 0 atom stereocenters. The largest absolute Gasteiger partial charge is 0.386 e. The number of nitrogens with two attached hydrogens (primary N) is 1. The van der Waals surface area contributed by atoms with E-state index < -0.39 is 17.3 Å². The van der Waals surface area contributed by atoms with Gasteiger partial charge in [-0.05, 0) is 43.7 Å². The Morgan fingerprint density at radius 2 is 1.94 bits per heavy atom. The van der Waals surface area contributed by atoms with Gasteiger partial charge in [0.15, 0.2) is 0 Å². The molecule has 0 saturated heterocycles. The lowest BCUT2D eigenvalue weighted by molar-refractivity contribution is -0.128. The van der Waals surface area contributed by atoms with Crippen molar-refractivity contribution in [3.8, 4) is 10.4 Å². The SMILES string of the molecule is CN(C)C(=O)Cc1cccc(Nc2sc(-c3ccc(C(C)(C)O)cc3F)cc2C(N)=O)n1. The molecule has 0 fully saturated rings. The zero-order chi connectivity index (χ0) is 23.6. The molecule has 3 rings (SSSR count). The van der Waals surface area contributed by atoms with Crippen LogP contribution < -0.4 is 11.1 Å². The second-order valence-corrected chi connectivity index (χ2v) is 9.13. The number of nitrogens with zero attached hydrogens (tertiary/aromatic N) is 2. The summed E-state index contributed by atoms with van der Waals surface area (Å²) in [7, 11) is 3.34. The molecule has 168 valence electrons. The summed E-state index contributed by atoms with van der Waals surface area (Å²) in [5.74, 6) is -0.836. The first-order valence-electron chi connectivity index (χ1n) is 9.85. The number of aliphatic hydroxyl groups is 1. The van der Waals surface area contributed by atoms with Crippen LogP contribution in [0.3, 0.4) is 0 Å². The maximum absolute atomic E-state index is 14.8. The quantitative estimate of drug-likeness (QED) is 0.503. The molecular formula is C23H25FN4O3S. The van der Waals surface area contributed by atoms with Gasteiger partial charge in [0.1, 0.15) is 16.6 Å². The molecule has 2 aromatic heterocycles. The Morgan fingerprint density at radius 1 is 1.22 bits per heavy atom. The summed E-state index contributed by atoms with van der Waals surface area (Å²) in [6.45, 7) is 3.15. The molecule has 0 bridgehead atoms. The number of halogens is 1. The number of carbonyl (C=O) groups excluding carboxylic acids is 2. The van der Waals surface area contributed by atoms with E-state index in [1.165, 1.54) is 17.0 Å². The average Bonchev–Trinajstić information content (AvgIpc) is 3.11. The fourth-order valence-corrected chi connectivity index (χ4v) is 4.07. The molecule has 32 heavy (non-hydrogen) atoms. The summed E-state index contributed by atoms with van der Waals surface area (Å²) < 4.78 is 14.8. The van der Waals surface area contributed by atoms with E-state index in [0.29, 0.717) is 27.0 Å². The normalized spacial score (nSPS) is 11.3. The van der Waals surface area contributed by atoms with E-state index >= 15 is 0 Å². The van der Waals surface area contributed by atoms with Crippen LogP contribution in [-0.4, -0.2) is 40.9 Å². The van der Waals surface area contributed by atoms with E-state index in [4.69, 9.17) is 5.73 Å². The number of hydrogen-bond donors (Lipinski definition) is 3. The van der Waals surface area contributed by atoms with Crippen LogP contribution in [0, 0.1) is 5.82 Å². The van der Waals surface area contributed by atoms with Crippen molar-refractivity contribution < 1.29 is 19.1 Å². The third-order valence-electron chi connectivity index (χ3n) is 4.82. The summed E-state index contributed by atoms with van der Waals surface area (Å²) in [6.07, 6.45) is 0.139. The van der Waals surface area contributed by atoms with Crippen molar-refractivity contribution >= 4 is 34.0 Å². The highest BCUT2D eigenvalue weighted by atomic mass is 32.1. The molecule has 0 unspecified atom stereocenters. The minimum atomic E-state index is -1.18. The fraction of sp³-hybridized carbons (Fsp3) is 0.261. The van der Waals surface area contributed by atoms with Gasteiger partial charge in [-0.3, -0.25) is 9.59 Å². The van der Waals surface area contributed by atoms with E-state index in [0.717, 1.165) is 11.3 Å². The van der Waals surface area contributed by atoms with Crippen LogP contribution in [0.4, 0.5) is 15.2 Å². The molecular weight excluding hydrogens is 431 g/mol. The number of nitrogens with one attached hydrogen (secondary N) is 1. The minimum absolute atomic E-state index is 0.0872. The number of likely N-dealkylation sites (N-methyl/N-ethyl adjacent to an activating group) is 1. The Hall–Kier alpha value is -3.30. The number of thiophene rings is 1. The molecule has 3 aromatic rings. The fourth-order valence-electron chi connectivity index (χ4n) is 2.97. The number of amides is 2. The summed E-state index contributed by atoms with van der Waals surface area (Å²) in [6, 6.07) is 11.2. The molecule has 2 heterocycles. The Balaban J connectivity index is 1.93. The molecule has 0 spiro atoms. The number of aromatic nitrogens is 1. The van der Waals surface area contributed by atoms with E-state index in [1.54, 1.807) is 58.3 Å². The number of pyridine rings is 1. The third kappa shape index (κ3) is 5.30. The van der Waals surface area contributed by atoms with Gasteiger partial charge in [0.05, 0.1) is 23.3 Å². The van der Waals surface area contributed by atoms with E-state index in [2.05, 4.69) is 10.3 Å². The van der Waals surface area contributed by atoms with Crippen molar-refractivity contribution in [3.63, 3.8) is 0 Å². The lowest BCUT2D eigenvalue weighted by atomic mass is 9.96. The zero-order valence-corrected chi connectivity index (χ0v) is 19.1. The standard InChI is InChI=1S/C23H25FN4O3S/c1-23(2,31)13-8-9-15(17(24)10-13)18-12-16(21(25)30)22(32-18)27-19-7-5-6-14(26-19)11-20(29)28(3)4/h5-10,12,31H,11H2,1-4H3,(H2,25,30)(H,26,27). The number of benzene rings is 1. The molecule has 0 aliphatic rings. The van der Waals surface area contributed by atoms with Gasteiger partial charge in [-0.25, -0.2) is 9.37 Å². The van der Waals surface area contributed by atoms with Gasteiger partial charge in [0.2, 0.25) is 5.91 Å². The second-order valence-electron chi connectivity index (χ2n) is 8.08. The first-order valence-corrected chi connectivity index (χ1v) is 10.7. The molecule has 2 amide bonds. The van der Waals surface area contributed by atoms with Crippen LogP contribution in [-0.2, 0) is 16.8 Å².